The van der Waals surface area contributed by atoms with E-state index in [1.807, 2.05) is 42.5 Å². The topological polar surface area (TPSA) is 46.6 Å². The molecule has 1 aliphatic heterocycles. The second-order valence-electron chi connectivity index (χ2n) is 7.97. The van der Waals surface area contributed by atoms with Crippen molar-refractivity contribution in [1.82, 2.24) is 4.90 Å². The Kier molecular flexibility index (Phi) is 6.70. The number of amides is 2. The number of hydrogen-bond donors (Lipinski definition) is 0. The van der Waals surface area contributed by atoms with Crippen LogP contribution in [-0.4, -0.2) is 16.0 Å². The molecule has 4 aromatic carbocycles. The van der Waals surface area contributed by atoms with Gasteiger partial charge in [0.15, 0.2) is 0 Å². The number of carbonyl (C=O) groups is 2. The van der Waals surface area contributed by atoms with Crippen molar-refractivity contribution in [3.63, 3.8) is 0 Å². The first-order valence-electron chi connectivity index (χ1n) is 10.9. The number of thioether (sulfide) groups is 1. The van der Waals surface area contributed by atoms with Gasteiger partial charge in [0, 0.05) is 15.6 Å². The lowest BCUT2D eigenvalue weighted by molar-refractivity contribution is -0.123. The average Bonchev–Trinajstić information content (AvgIpc) is 3.12. The first-order valence-corrected chi connectivity index (χ1v) is 12.5. The third-order valence-electron chi connectivity index (χ3n) is 5.68. The van der Waals surface area contributed by atoms with Gasteiger partial charge < -0.3 is 4.74 Å². The normalized spacial score (nSPS) is 14.8. The van der Waals surface area contributed by atoms with Gasteiger partial charge in [-0.2, -0.15) is 0 Å². The van der Waals surface area contributed by atoms with E-state index in [4.69, 9.17) is 4.74 Å². The van der Waals surface area contributed by atoms with Crippen LogP contribution in [0.5, 0.6) is 5.75 Å². The molecule has 1 fully saturated rings. The van der Waals surface area contributed by atoms with Crippen molar-refractivity contribution in [2.24, 2.45) is 0 Å². The molecule has 1 heterocycles. The first-order chi connectivity index (χ1) is 17.0. The summed E-state index contributed by atoms with van der Waals surface area (Å²) < 4.78 is 20.7. The van der Waals surface area contributed by atoms with E-state index in [-0.39, 0.29) is 30.1 Å². The molecule has 1 aliphatic rings. The van der Waals surface area contributed by atoms with Crippen LogP contribution in [0, 0.1) is 5.82 Å². The number of carbonyl (C=O) groups excluding carboxylic acids is 2. The van der Waals surface area contributed by atoms with Crippen LogP contribution in [0.1, 0.15) is 16.7 Å². The van der Waals surface area contributed by atoms with Crippen LogP contribution in [0.3, 0.4) is 0 Å². The molecule has 0 aromatic heterocycles. The molecule has 1 saturated heterocycles. The van der Waals surface area contributed by atoms with Crippen molar-refractivity contribution >= 4 is 55.7 Å². The molecule has 0 saturated carbocycles. The number of imide groups is 1. The highest BCUT2D eigenvalue weighted by molar-refractivity contribution is 9.10. The van der Waals surface area contributed by atoms with Crippen molar-refractivity contribution in [3.05, 3.63) is 117 Å². The van der Waals surface area contributed by atoms with Crippen LogP contribution in [-0.2, 0) is 17.9 Å². The summed E-state index contributed by atoms with van der Waals surface area (Å²) in [5.74, 6) is -0.217. The molecule has 0 unspecified atom stereocenters. The lowest BCUT2D eigenvalue weighted by Crippen LogP contribution is -2.27. The summed E-state index contributed by atoms with van der Waals surface area (Å²) in [5.41, 5.74) is 1.95. The van der Waals surface area contributed by atoms with E-state index in [9.17, 15) is 14.0 Å². The van der Waals surface area contributed by atoms with Gasteiger partial charge in [-0.1, -0.05) is 76.6 Å². The predicted molar refractivity (Wildman–Crippen MR) is 140 cm³/mol. The summed E-state index contributed by atoms with van der Waals surface area (Å²) >= 11 is 4.35. The Morgan fingerprint density at radius 1 is 0.914 bits per heavy atom. The SMILES string of the molecule is O=C1S/C(=C/c2cc(Br)ccc2OCc2ccccc2F)C(=O)N1Cc1cccc2ccccc12. The first kappa shape index (κ1) is 23.3. The molecule has 0 atom stereocenters. The molecule has 7 heteroatoms. The quantitative estimate of drug-likeness (QED) is 0.234. The molecule has 0 radical (unpaired) electrons. The second-order valence-corrected chi connectivity index (χ2v) is 9.88. The van der Waals surface area contributed by atoms with E-state index in [1.54, 1.807) is 42.5 Å². The van der Waals surface area contributed by atoms with Gasteiger partial charge in [0.05, 0.1) is 11.4 Å². The molecule has 174 valence electrons. The molecule has 0 N–H and O–H groups in total. The third-order valence-corrected chi connectivity index (χ3v) is 7.08. The number of hydrogen-bond acceptors (Lipinski definition) is 4. The van der Waals surface area contributed by atoms with Crippen LogP contribution in [0.15, 0.2) is 94.3 Å². The van der Waals surface area contributed by atoms with Crippen molar-refractivity contribution in [3.8, 4) is 5.75 Å². The Hall–Kier alpha value is -3.42. The molecule has 2 amide bonds. The molecular weight excluding hydrogens is 529 g/mol. The number of rotatable bonds is 6. The number of halogens is 2. The molecule has 35 heavy (non-hydrogen) atoms. The Labute approximate surface area is 214 Å². The van der Waals surface area contributed by atoms with Gasteiger partial charge in [-0.3, -0.25) is 14.5 Å². The zero-order valence-electron chi connectivity index (χ0n) is 18.4. The lowest BCUT2D eigenvalue weighted by Gasteiger charge is -2.14. The summed E-state index contributed by atoms with van der Waals surface area (Å²) in [6.07, 6.45) is 1.65. The van der Waals surface area contributed by atoms with E-state index in [2.05, 4.69) is 15.9 Å². The molecular formula is C28H19BrFNO3S. The molecule has 4 aromatic rings. The van der Waals surface area contributed by atoms with Gasteiger partial charge in [-0.25, -0.2) is 4.39 Å². The number of benzene rings is 4. The zero-order chi connectivity index (χ0) is 24.4. The fourth-order valence-corrected chi connectivity index (χ4v) is 5.12. The maximum Gasteiger partial charge on any atom is 0.293 e. The van der Waals surface area contributed by atoms with Crippen LogP contribution in [0.2, 0.25) is 0 Å². The van der Waals surface area contributed by atoms with Crippen LogP contribution in [0.4, 0.5) is 9.18 Å². The Balaban J connectivity index is 1.40. The minimum Gasteiger partial charge on any atom is -0.488 e. The van der Waals surface area contributed by atoms with Gasteiger partial charge in [0.25, 0.3) is 11.1 Å². The van der Waals surface area contributed by atoms with Gasteiger partial charge >= 0.3 is 0 Å². The molecule has 0 bridgehead atoms. The standard InChI is InChI=1S/C28H19BrFNO3S/c29-22-12-13-25(34-17-20-7-2-4-11-24(20)30)21(14-22)15-26-27(32)31(28(33)35-26)16-19-9-5-8-18-6-1-3-10-23(18)19/h1-15H,16-17H2/b26-15+. The smallest absolute Gasteiger partial charge is 0.293 e. The maximum absolute atomic E-state index is 14.0. The monoisotopic (exact) mass is 547 g/mol. The summed E-state index contributed by atoms with van der Waals surface area (Å²) in [6.45, 7) is 0.232. The predicted octanol–water partition coefficient (Wildman–Crippen LogP) is 7.56. The van der Waals surface area contributed by atoms with Gasteiger partial charge in [-0.15, -0.1) is 0 Å². The molecule has 4 nitrogen and oxygen atoms in total. The van der Waals surface area contributed by atoms with Gasteiger partial charge in [0.2, 0.25) is 0 Å². The van der Waals surface area contributed by atoms with Crippen molar-refractivity contribution < 1.29 is 18.7 Å². The van der Waals surface area contributed by atoms with Gasteiger partial charge in [0.1, 0.15) is 18.2 Å². The number of ether oxygens (including phenoxy) is 1. The van der Waals surface area contributed by atoms with Crippen molar-refractivity contribution in [1.29, 1.82) is 0 Å². The number of nitrogens with zero attached hydrogens (tertiary/aromatic N) is 1. The Bertz CT molecular complexity index is 1480. The van der Waals surface area contributed by atoms with Crippen molar-refractivity contribution in [2.75, 3.05) is 0 Å². The molecule has 0 spiro atoms. The summed E-state index contributed by atoms with van der Waals surface area (Å²) in [4.78, 5) is 27.5. The Morgan fingerprint density at radius 2 is 1.66 bits per heavy atom. The highest BCUT2D eigenvalue weighted by Gasteiger charge is 2.35. The fourth-order valence-electron chi connectivity index (χ4n) is 3.91. The Morgan fingerprint density at radius 3 is 2.51 bits per heavy atom. The maximum atomic E-state index is 14.0. The molecule has 5 rings (SSSR count). The third kappa shape index (κ3) is 5.01. The highest BCUT2D eigenvalue weighted by atomic mass is 79.9. The largest absolute Gasteiger partial charge is 0.488 e. The lowest BCUT2D eigenvalue weighted by atomic mass is 10.0. The van der Waals surface area contributed by atoms with Crippen molar-refractivity contribution in [2.45, 2.75) is 13.2 Å². The highest BCUT2D eigenvalue weighted by Crippen LogP contribution is 2.36. The summed E-state index contributed by atoms with van der Waals surface area (Å²) in [6, 6.07) is 25.5. The minimum atomic E-state index is -0.354. The van der Waals surface area contributed by atoms with E-state index in [1.165, 1.54) is 11.0 Å². The van der Waals surface area contributed by atoms with E-state index in [0.717, 1.165) is 32.6 Å². The fraction of sp³-hybridized carbons (Fsp3) is 0.0714. The second kappa shape index (κ2) is 10.1. The average molecular weight is 548 g/mol. The molecule has 0 aliphatic carbocycles. The van der Waals surface area contributed by atoms with Gasteiger partial charge in [-0.05, 0) is 58.4 Å². The van der Waals surface area contributed by atoms with Crippen LogP contribution < -0.4 is 4.74 Å². The van der Waals surface area contributed by atoms with E-state index < -0.39 is 0 Å². The zero-order valence-corrected chi connectivity index (χ0v) is 20.8. The van der Waals surface area contributed by atoms with Crippen LogP contribution in [0.25, 0.3) is 16.8 Å². The number of fused-ring (bicyclic) bond motifs is 1. The van der Waals surface area contributed by atoms with E-state index in [0.29, 0.717) is 21.8 Å². The summed E-state index contributed by atoms with van der Waals surface area (Å²) in [5, 5.41) is 1.74. The van der Waals surface area contributed by atoms with Crippen LogP contribution >= 0.6 is 27.7 Å². The summed E-state index contributed by atoms with van der Waals surface area (Å²) in [7, 11) is 0. The van der Waals surface area contributed by atoms with E-state index >= 15 is 0 Å². The minimum absolute atomic E-state index is 0.0394.